The van der Waals surface area contributed by atoms with Crippen LogP contribution in [0.15, 0.2) is 35.4 Å². The van der Waals surface area contributed by atoms with E-state index >= 15 is 0 Å². The highest BCUT2D eigenvalue weighted by molar-refractivity contribution is 5.39. The summed E-state index contributed by atoms with van der Waals surface area (Å²) in [5.41, 5.74) is 3.22. The third kappa shape index (κ3) is 2.03. The van der Waals surface area contributed by atoms with Crippen LogP contribution in [-0.4, -0.2) is 61.0 Å². The van der Waals surface area contributed by atoms with Gasteiger partial charge in [-0.2, -0.15) is 0 Å². The van der Waals surface area contributed by atoms with E-state index in [1.807, 2.05) is 0 Å². The van der Waals surface area contributed by atoms with Gasteiger partial charge in [0.2, 0.25) is 11.5 Å². The van der Waals surface area contributed by atoms with Crippen molar-refractivity contribution in [2.45, 2.75) is 55.7 Å². The Morgan fingerprint density at radius 3 is 2.36 bits per heavy atom. The summed E-state index contributed by atoms with van der Waals surface area (Å²) in [5, 5.41) is 55.9. The van der Waals surface area contributed by atoms with Gasteiger partial charge in [0.15, 0.2) is 5.60 Å². The second kappa shape index (κ2) is 5.39. The van der Waals surface area contributed by atoms with Crippen molar-refractivity contribution in [2.75, 3.05) is 0 Å². The predicted molar refractivity (Wildman–Crippen MR) is 84.8 cm³/mol. The topological polar surface area (TPSA) is 159 Å². The molecule has 1 saturated heterocycles. The van der Waals surface area contributed by atoms with Crippen molar-refractivity contribution in [1.82, 2.24) is 0 Å². The Hall–Kier alpha value is -1.71. The average Bonchev–Trinajstić information content (AvgIpc) is 2.81. The molecule has 6 atom stereocenters. The molecule has 5 N–H and O–H groups in total. The second-order valence-corrected chi connectivity index (χ2v) is 7.18. The number of azide groups is 1. The maximum Gasteiger partial charge on any atom is 0.207 e. The van der Waals surface area contributed by atoms with Crippen LogP contribution in [0.3, 0.4) is 0 Å². The van der Waals surface area contributed by atoms with E-state index in [-0.39, 0.29) is 6.42 Å². The summed E-state index contributed by atoms with van der Waals surface area (Å²) in [7, 11) is 0. The lowest BCUT2D eigenvalue weighted by atomic mass is 9.87. The summed E-state index contributed by atoms with van der Waals surface area (Å²) < 4.78 is 5.31. The standard InChI is InChI=1S/C16H21N3O6/c1-13(2)15(23)14(22,18-19-17)12(25-16(13,15)24)11(21)10(20)8-9-6-4-3-5-7-9/h3-7,10-12,20-24H,8H2,1-2H3/t10?,11-,12-,14-,15-,16+/m1/s1. The quantitative estimate of drug-likeness (QED) is 0.281. The third-order valence-corrected chi connectivity index (χ3v) is 5.60. The summed E-state index contributed by atoms with van der Waals surface area (Å²) in [5.74, 6) is -2.21. The molecule has 1 saturated carbocycles. The molecule has 2 aliphatic rings. The zero-order valence-corrected chi connectivity index (χ0v) is 13.8. The van der Waals surface area contributed by atoms with Crippen molar-refractivity contribution >= 4 is 0 Å². The average molecular weight is 351 g/mol. The summed E-state index contributed by atoms with van der Waals surface area (Å²) in [4.78, 5) is 2.52. The molecule has 0 aromatic heterocycles. The van der Waals surface area contributed by atoms with Crippen molar-refractivity contribution in [3.63, 3.8) is 0 Å². The molecule has 1 aromatic rings. The first kappa shape index (κ1) is 18.1. The summed E-state index contributed by atoms with van der Waals surface area (Å²) >= 11 is 0. The van der Waals surface area contributed by atoms with Crippen molar-refractivity contribution in [2.24, 2.45) is 10.5 Å². The van der Waals surface area contributed by atoms with E-state index < -0.39 is 40.8 Å². The number of aliphatic hydroxyl groups excluding tert-OH is 2. The minimum atomic E-state index is -2.64. The van der Waals surface area contributed by atoms with Crippen LogP contribution in [0.1, 0.15) is 19.4 Å². The molecule has 1 aliphatic carbocycles. The van der Waals surface area contributed by atoms with Gasteiger partial charge in [0.25, 0.3) is 0 Å². The second-order valence-electron chi connectivity index (χ2n) is 7.18. The number of fused-ring (bicyclic) bond motifs is 1. The Kier molecular flexibility index (Phi) is 3.90. The Balaban J connectivity index is 1.88. The predicted octanol–water partition coefficient (Wildman–Crippen LogP) is -0.192. The highest BCUT2D eigenvalue weighted by Crippen LogP contribution is 2.75. The van der Waals surface area contributed by atoms with Crippen LogP contribution >= 0.6 is 0 Å². The molecule has 1 aliphatic heterocycles. The normalized spacial score (nSPS) is 40.7. The lowest BCUT2D eigenvalue weighted by Crippen LogP contribution is -2.58. The lowest BCUT2D eigenvalue weighted by Gasteiger charge is -2.37. The zero-order chi connectivity index (χ0) is 18.7. The first-order chi connectivity index (χ1) is 11.6. The molecule has 25 heavy (non-hydrogen) atoms. The monoisotopic (exact) mass is 351 g/mol. The van der Waals surface area contributed by atoms with Crippen molar-refractivity contribution in [3.05, 3.63) is 46.3 Å². The molecule has 0 radical (unpaired) electrons. The maximum atomic E-state index is 10.8. The van der Waals surface area contributed by atoms with Gasteiger partial charge in [-0.25, -0.2) is 0 Å². The van der Waals surface area contributed by atoms with Crippen molar-refractivity contribution in [3.8, 4) is 0 Å². The van der Waals surface area contributed by atoms with Gasteiger partial charge in [0.05, 0.1) is 11.5 Å². The molecule has 3 rings (SSSR count). The van der Waals surface area contributed by atoms with Crippen LogP contribution in [0.2, 0.25) is 0 Å². The Morgan fingerprint density at radius 1 is 1.20 bits per heavy atom. The van der Waals surface area contributed by atoms with Crippen molar-refractivity contribution in [1.29, 1.82) is 0 Å². The largest absolute Gasteiger partial charge is 0.390 e. The fraction of sp³-hybridized carbons (Fsp3) is 0.625. The molecule has 1 aromatic carbocycles. The molecular formula is C16H21N3O6. The van der Waals surface area contributed by atoms with E-state index in [1.165, 1.54) is 13.8 Å². The van der Waals surface area contributed by atoms with Gasteiger partial charge in [0.1, 0.15) is 12.2 Å². The van der Waals surface area contributed by atoms with Gasteiger partial charge in [-0.15, -0.1) is 0 Å². The lowest BCUT2D eigenvalue weighted by molar-refractivity contribution is -0.223. The summed E-state index contributed by atoms with van der Waals surface area (Å²) in [6.07, 6.45) is -4.77. The van der Waals surface area contributed by atoms with Crippen LogP contribution in [0.5, 0.6) is 0 Å². The van der Waals surface area contributed by atoms with E-state index in [0.717, 1.165) is 5.56 Å². The molecule has 2 fully saturated rings. The van der Waals surface area contributed by atoms with Gasteiger partial charge in [0, 0.05) is 11.3 Å². The maximum absolute atomic E-state index is 10.8. The molecule has 9 nitrogen and oxygen atoms in total. The van der Waals surface area contributed by atoms with Crippen molar-refractivity contribution < 1.29 is 30.3 Å². The molecule has 0 amide bonds. The number of ether oxygens (including phenoxy) is 1. The van der Waals surface area contributed by atoms with Gasteiger partial charge >= 0.3 is 0 Å². The summed E-state index contributed by atoms with van der Waals surface area (Å²) in [6.45, 7) is 2.85. The number of benzene rings is 1. The number of hydrogen-bond donors (Lipinski definition) is 5. The van der Waals surface area contributed by atoms with E-state index in [0.29, 0.717) is 0 Å². The van der Waals surface area contributed by atoms with Crippen LogP contribution in [0.25, 0.3) is 10.4 Å². The number of hydrogen-bond acceptors (Lipinski definition) is 7. The Labute approximate surface area is 143 Å². The van der Waals surface area contributed by atoms with E-state index in [4.69, 9.17) is 10.3 Å². The van der Waals surface area contributed by atoms with Gasteiger partial charge in [-0.1, -0.05) is 49.3 Å². The Bertz CT molecular complexity index is 724. The molecular weight excluding hydrogens is 330 g/mol. The molecule has 0 bridgehead atoms. The molecule has 0 spiro atoms. The van der Waals surface area contributed by atoms with Crippen LogP contribution in [-0.2, 0) is 11.2 Å². The van der Waals surface area contributed by atoms with Crippen LogP contribution in [0, 0.1) is 5.41 Å². The number of aliphatic hydroxyl groups is 5. The van der Waals surface area contributed by atoms with Gasteiger partial charge in [-0.3, -0.25) is 0 Å². The third-order valence-electron chi connectivity index (χ3n) is 5.60. The first-order valence-corrected chi connectivity index (χ1v) is 7.88. The highest BCUT2D eigenvalue weighted by atomic mass is 16.7. The van der Waals surface area contributed by atoms with Gasteiger partial charge < -0.3 is 30.3 Å². The molecule has 1 unspecified atom stereocenters. The van der Waals surface area contributed by atoms with Gasteiger partial charge in [-0.05, 0) is 11.1 Å². The molecule has 9 heteroatoms. The fourth-order valence-electron chi connectivity index (χ4n) is 3.89. The minimum Gasteiger partial charge on any atom is -0.390 e. The smallest absolute Gasteiger partial charge is 0.207 e. The molecule has 1 heterocycles. The highest BCUT2D eigenvalue weighted by Gasteiger charge is 2.97. The molecule has 136 valence electrons. The van der Waals surface area contributed by atoms with Crippen LogP contribution in [0.4, 0.5) is 0 Å². The van der Waals surface area contributed by atoms with E-state index in [2.05, 4.69) is 10.0 Å². The van der Waals surface area contributed by atoms with E-state index in [1.54, 1.807) is 30.3 Å². The Morgan fingerprint density at radius 2 is 1.80 bits per heavy atom. The minimum absolute atomic E-state index is 0.0362. The van der Waals surface area contributed by atoms with Crippen LogP contribution < -0.4 is 0 Å². The first-order valence-electron chi connectivity index (χ1n) is 7.88. The SMILES string of the molecule is CC1(C)[C@@]2(O)[C@@](O)(N=[N+]=[N-])[C@@H]([C@H](O)C(O)Cc3ccccc3)O[C@@]12O. The van der Waals surface area contributed by atoms with E-state index in [9.17, 15) is 25.5 Å². The fourth-order valence-corrected chi connectivity index (χ4v) is 3.89. The number of nitrogens with zero attached hydrogens (tertiary/aromatic N) is 3. The zero-order valence-electron chi connectivity index (χ0n) is 13.8. The summed E-state index contributed by atoms with van der Waals surface area (Å²) in [6, 6.07) is 8.81. The number of rotatable bonds is 5.